The molecule has 5 nitrogen and oxygen atoms in total. The van der Waals surface area contributed by atoms with Crippen molar-refractivity contribution in [2.45, 2.75) is 31.1 Å². The molecule has 0 saturated heterocycles. The van der Waals surface area contributed by atoms with Gasteiger partial charge in [-0.2, -0.15) is 0 Å². The molecule has 0 bridgehead atoms. The van der Waals surface area contributed by atoms with E-state index in [9.17, 15) is 8.42 Å². The first-order valence-electron chi connectivity index (χ1n) is 7.34. The number of hydrogen-bond donors (Lipinski definition) is 2. The van der Waals surface area contributed by atoms with Gasteiger partial charge in [-0.15, -0.1) is 0 Å². The Morgan fingerprint density at radius 3 is 2.35 bits per heavy atom. The van der Waals surface area contributed by atoms with E-state index in [-0.39, 0.29) is 10.3 Å². The maximum absolute atomic E-state index is 12.7. The number of imidazole rings is 1. The monoisotopic (exact) mass is 329 g/mol. The van der Waals surface area contributed by atoms with Crippen molar-refractivity contribution >= 4 is 26.7 Å². The number of rotatable bonds is 3. The first-order valence-corrected chi connectivity index (χ1v) is 8.83. The van der Waals surface area contributed by atoms with Crippen LogP contribution in [0.1, 0.15) is 26.6 Å². The van der Waals surface area contributed by atoms with Gasteiger partial charge in [0.05, 0.1) is 5.52 Å². The summed E-state index contributed by atoms with van der Waals surface area (Å²) in [6, 6.07) is 13.9. The lowest BCUT2D eigenvalue weighted by Gasteiger charge is -2.13. The fourth-order valence-corrected chi connectivity index (χ4v) is 3.52. The van der Waals surface area contributed by atoms with Crippen molar-refractivity contribution in [3.05, 3.63) is 54.4 Å². The Morgan fingerprint density at radius 2 is 1.70 bits per heavy atom. The zero-order chi connectivity index (χ0) is 16.7. The number of para-hydroxylation sites is 2. The molecule has 0 aliphatic carbocycles. The normalized spacial score (nSPS) is 12.5. The summed E-state index contributed by atoms with van der Waals surface area (Å²) in [5.74, 6) is 0.759. The number of benzene rings is 2. The van der Waals surface area contributed by atoms with Gasteiger partial charge in [-0.3, -0.25) is 4.72 Å². The summed E-state index contributed by atoms with van der Waals surface area (Å²) in [5, 5.41) is 0. The van der Waals surface area contributed by atoms with E-state index in [1.54, 1.807) is 36.4 Å². The molecule has 0 fully saturated rings. The maximum Gasteiger partial charge on any atom is 0.264 e. The van der Waals surface area contributed by atoms with Gasteiger partial charge in [0.1, 0.15) is 16.2 Å². The van der Waals surface area contributed by atoms with E-state index in [0.717, 1.165) is 5.82 Å². The van der Waals surface area contributed by atoms with Crippen molar-refractivity contribution in [3.8, 4) is 0 Å². The lowest BCUT2D eigenvalue weighted by Crippen LogP contribution is -2.14. The molecule has 0 atom stereocenters. The zero-order valence-electron chi connectivity index (χ0n) is 13.3. The Balaban J connectivity index is 2.10. The van der Waals surface area contributed by atoms with Crippen LogP contribution >= 0.6 is 0 Å². The fraction of sp³-hybridized carbons (Fsp3) is 0.235. The van der Waals surface area contributed by atoms with Gasteiger partial charge in [0.25, 0.3) is 10.0 Å². The SMILES string of the molecule is CC(C)(C)c1nc2c(S(=O)(=O)Nc3ccccc3)cccc2[nH]1. The number of hydrogen-bond acceptors (Lipinski definition) is 3. The molecule has 1 aromatic heterocycles. The Morgan fingerprint density at radius 1 is 1.00 bits per heavy atom. The van der Waals surface area contributed by atoms with Gasteiger partial charge >= 0.3 is 0 Å². The average molecular weight is 329 g/mol. The predicted octanol–water partition coefficient (Wildman–Crippen LogP) is 3.66. The number of H-pyrrole nitrogens is 1. The molecular weight excluding hydrogens is 310 g/mol. The topological polar surface area (TPSA) is 74.8 Å². The number of nitrogens with zero attached hydrogens (tertiary/aromatic N) is 1. The molecule has 0 unspecified atom stereocenters. The molecule has 6 heteroatoms. The molecule has 2 aromatic carbocycles. The van der Waals surface area contributed by atoms with Crippen molar-refractivity contribution in [2.24, 2.45) is 0 Å². The summed E-state index contributed by atoms with van der Waals surface area (Å²) in [6.45, 7) is 6.09. The molecule has 120 valence electrons. The molecule has 3 rings (SSSR count). The van der Waals surface area contributed by atoms with Crippen molar-refractivity contribution in [1.82, 2.24) is 9.97 Å². The molecule has 0 saturated carbocycles. The summed E-state index contributed by atoms with van der Waals surface area (Å²) >= 11 is 0. The number of fused-ring (bicyclic) bond motifs is 1. The standard InChI is InChI=1S/C17H19N3O2S/c1-17(2,3)16-18-13-10-7-11-14(15(13)19-16)23(21,22)20-12-8-5-4-6-9-12/h4-11,20H,1-3H3,(H,18,19). The molecule has 0 aliphatic heterocycles. The third-order valence-corrected chi connectivity index (χ3v) is 4.91. The highest BCUT2D eigenvalue weighted by atomic mass is 32.2. The van der Waals surface area contributed by atoms with Crippen LogP contribution in [0.5, 0.6) is 0 Å². The van der Waals surface area contributed by atoms with Crippen LogP contribution in [0, 0.1) is 0 Å². The Kier molecular flexibility index (Phi) is 3.64. The van der Waals surface area contributed by atoms with Crippen LogP contribution in [0.15, 0.2) is 53.4 Å². The van der Waals surface area contributed by atoms with Crippen LogP contribution in [0.25, 0.3) is 11.0 Å². The lowest BCUT2D eigenvalue weighted by atomic mass is 9.96. The van der Waals surface area contributed by atoms with Gasteiger partial charge in [-0.05, 0) is 24.3 Å². The average Bonchev–Trinajstić information content (AvgIpc) is 2.91. The van der Waals surface area contributed by atoms with E-state index in [2.05, 4.69) is 14.7 Å². The van der Waals surface area contributed by atoms with Crippen molar-refractivity contribution < 1.29 is 8.42 Å². The van der Waals surface area contributed by atoms with E-state index < -0.39 is 10.0 Å². The predicted molar refractivity (Wildman–Crippen MR) is 92.0 cm³/mol. The van der Waals surface area contributed by atoms with Crippen molar-refractivity contribution in [3.63, 3.8) is 0 Å². The lowest BCUT2D eigenvalue weighted by molar-refractivity contribution is 0.554. The Bertz CT molecular complexity index is 939. The summed E-state index contributed by atoms with van der Waals surface area (Å²) in [4.78, 5) is 7.90. The molecule has 0 spiro atoms. The highest BCUT2D eigenvalue weighted by Crippen LogP contribution is 2.27. The van der Waals surface area contributed by atoms with Gasteiger partial charge in [-0.25, -0.2) is 13.4 Å². The third kappa shape index (κ3) is 3.07. The van der Waals surface area contributed by atoms with Gasteiger partial charge in [0, 0.05) is 11.1 Å². The number of aromatic nitrogens is 2. The van der Waals surface area contributed by atoms with E-state index in [4.69, 9.17) is 0 Å². The summed E-state index contributed by atoms with van der Waals surface area (Å²) in [7, 11) is -3.70. The minimum Gasteiger partial charge on any atom is -0.341 e. The Hall–Kier alpha value is -2.34. The first kappa shape index (κ1) is 15.6. The van der Waals surface area contributed by atoms with Crippen LogP contribution in [0.4, 0.5) is 5.69 Å². The molecule has 23 heavy (non-hydrogen) atoms. The van der Waals surface area contributed by atoms with E-state index in [1.165, 1.54) is 0 Å². The van der Waals surface area contributed by atoms with Crippen molar-refractivity contribution in [1.29, 1.82) is 0 Å². The first-order chi connectivity index (χ1) is 10.8. The highest BCUT2D eigenvalue weighted by Gasteiger charge is 2.23. The number of sulfonamides is 1. The third-order valence-electron chi connectivity index (χ3n) is 3.50. The van der Waals surface area contributed by atoms with E-state index in [1.807, 2.05) is 32.9 Å². The molecule has 0 aliphatic rings. The number of anilines is 1. The van der Waals surface area contributed by atoms with Gasteiger partial charge in [-0.1, -0.05) is 45.0 Å². The minimum absolute atomic E-state index is 0.172. The van der Waals surface area contributed by atoms with Crippen LogP contribution < -0.4 is 4.72 Å². The van der Waals surface area contributed by atoms with Crippen molar-refractivity contribution in [2.75, 3.05) is 4.72 Å². The maximum atomic E-state index is 12.7. The summed E-state index contributed by atoms with van der Waals surface area (Å²) in [6.07, 6.45) is 0. The van der Waals surface area contributed by atoms with Gasteiger partial charge in [0.2, 0.25) is 0 Å². The molecule has 1 heterocycles. The second-order valence-electron chi connectivity index (χ2n) is 6.46. The molecule has 0 radical (unpaired) electrons. The number of aromatic amines is 1. The smallest absolute Gasteiger partial charge is 0.264 e. The quantitative estimate of drug-likeness (QED) is 0.770. The van der Waals surface area contributed by atoms with Crippen LogP contribution in [0.3, 0.4) is 0 Å². The summed E-state index contributed by atoms with van der Waals surface area (Å²) < 4.78 is 28.0. The molecular formula is C17H19N3O2S. The molecule has 2 N–H and O–H groups in total. The highest BCUT2D eigenvalue weighted by molar-refractivity contribution is 7.93. The fourth-order valence-electron chi connectivity index (χ4n) is 2.29. The Labute approximate surface area is 135 Å². The minimum atomic E-state index is -3.70. The van der Waals surface area contributed by atoms with E-state index >= 15 is 0 Å². The van der Waals surface area contributed by atoms with Gasteiger partial charge < -0.3 is 4.98 Å². The molecule has 0 amide bonds. The van der Waals surface area contributed by atoms with Crippen LogP contribution in [-0.4, -0.2) is 18.4 Å². The van der Waals surface area contributed by atoms with Gasteiger partial charge in [0.15, 0.2) is 0 Å². The number of nitrogens with one attached hydrogen (secondary N) is 2. The van der Waals surface area contributed by atoms with Crippen LogP contribution in [0.2, 0.25) is 0 Å². The van der Waals surface area contributed by atoms with Crippen LogP contribution in [-0.2, 0) is 15.4 Å². The van der Waals surface area contributed by atoms with E-state index in [0.29, 0.717) is 16.7 Å². The second-order valence-corrected chi connectivity index (χ2v) is 8.11. The zero-order valence-corrected chi connectivity index (χ0v) is 14.1. The molecule has 3 aromatic rings. The largest absolute Gasteiger partial charge is 0.341 e. The summed E-state index contributed by atoms with van der Waals surface area (Å²) in [5.41, 5.74) is 1.51. The second kappa shape index (κ2) is 5.38.